The number of ether oxygens (including phenoxy) is 1. The van der Waals surface area contributed by atoms with Gasteiger partial charge in [-0.2, -0.15) is 0 Å². The molecule has 2 aromatic rings. The summed E-state index contributed by atoms with van der Waals surface area (Å²) in [5, 5.41) is 14.3. The lowest BCUT2D eigenvalue weighted by molar-refractivity contribution is -0.142. The Kier molecular flexibility index (Phi) is 7.48. The normalized spacial score (nSPS) is 14.2. The van der Waals surface area contributed by atoms with Crippen LogP contribution in [0.25, 0.3) is 11.1 Å². The van der Waals surface area contributed by atoms with Crippen LogP contribution in [0.3, 0.4) is 0 Å². The van der Waals surface area contributed by atoms with Crippen LogP contribution in [-0.4, -0.2) is 67.8 Å². The van der Waals surface area contributed by atoms with E-state index in [1.807, 2.05) is 36.4 Å². The lowest BCUT2D eigenvalue weighted by atomic mass is 9.98. The maximum Gasteiger partial charge on any atom is 0.407 e. The third kappa shape index (κ3) is 5.45. The number of carbonyl (C=O) groups excluding carboxylic acids is 2. The zero-order chi connectivity index (χ0) is 23.3. The molecule has 2 unspecified atom stereocenters. The number of hydrogen-bond donors (Lipinski definition) is 3. The van der Waals surface area contributed by atoms with Gasteiger partial charge in [0.1, 0.15) is 12.6 Å². The highest BCUT2D eigenvalue weighted by molar-refractivity contribution is 5.85. The van der Waals surface area contributed by atoms with Crippen molar-refractivity contribution in [2.24, 2.45) is 5.92 Å². The SMILES string of the molecule is CC(CNC(=O)OCC1c2ccccc2-c2ccccc21)C(=O)NC(CN(C)C)C(=O)O. The van der Waals surface area contributed by atoms with Crippen LogP contribution >= 0.6 is 0 Å². The first-order valence-electron chi connectivity index (χ1n) is 10.5. The average molecular weight is 440 g/mol. The summed E-state index contributed by atoms with van der Waals surface area (Å²) in [6.45, 7) is 2.02. The third-order valence-electron chi connectivity index (χ3n) is 5.51. The van der Waals surface area contributed by atoms with Crippen LogP contribution < -0.4 is 10.6 Å². The van der Waals surface area contributed by atoms with Crippen molar-refractivity contribution < 1.29 is 24.2 Å². The van der Waals surface area contributed by atoms with Crippen molar-refractivity contribution in [2.75, 3.05) is 33.8 Å². The summed E-state index contributed by atoms with van der Waals surface area (Å²) in [7, 11) is 3.45. The van der Waals surface area contributed by atoms with Gasteiger partial charge in [0.2, 0.25) is 5.91 Å². The Morgan fingerprint density at radius 1 is 1.03 bits per heavy atom. The summed E-state index contributed by atoms with van der Waals surface area (Å²) in [6, 6.07) is 15.1. The van der Waals surface area contributed by atoms with Gasteiger partial charge < -0.3 is 25.4 Å². The van der Waals surface area contributed by atoms with E-state index >= 15 is 0 Å². The van der Waals surface area contributed by atoms with E-state index in [9.17, 15) is 19.5 Å². The third-order valence-corrected chi connectivity index (χ3v) is 5.51. The van der Waals surface area contributed by atoms with Crippen LogP contribution in [0.1, 0.15) is 24.0 Å². The van der Waals surface area contributed by atoms with E-state index in [1.165, 1.54) is 0 Å². The van der Waals surface area contributed by atoms with Gasteiger partial charge in [-0.05, 0) is 36.3 Å². The van der Waals surface area contributed by atoms with Crippen molar-refractivity contribution in [1.82, 2.24) is 15.5 Å². The fraction of sp³-hybridized carbons (Fsp3) is 0.375. The molecule has 32 heavy (non-hydrogen) atoms. The van der Waals surface area contributed by atoms with Crippen LogP contribution in [-0.2, 0) is 14.3 Å². The second-order valence-electron chi connectivity index (χ2n) is 8.27. The van der Waals surface area contributed by atoms with Crippen molar-refractivity contribution in [2.45, 2.75) is 18.9 Å². The Bertz CT molecular complexity index is 946. The first-order chi connectivity index (χ1) is 15.3. The second kappa shape index (κ2) is 10.3. The lowest BCUT2D eigenvalue weighted by Crippen LogP contribution is -2.49. The fourth-order valence-corrected chi connectivity index (χ4v) is 3.84. The topological polar surface area (TPSA) is 108 Å². The summed E-state index contributed by atoms with van der Waals surface area (Å²) < 4.78 is 5.46. The quantitative estimate of drug-likeness (QED) is 0.553. The minimum Gasteiger partial charge on any atom is -0.480 e. The van der Waals surface area contributed by atoms with Crippen molar-refractivity contribution in [3.05, 3.63) is 59.7 Å². The van der Waals surface area contributed by atoms with E-state index in [4.69, 9.17) is 4.74 Å². The smallest absolute Gasteiger partial charge is 0.407 e. The lowest BCUT2D eigenvalue weighted by Gasteiger charge is -2.21. The van der Waals surface area contributed by atoms with E-state index in [2.05, 4.69) is 22.8 Å². The van der Waals surface area contributed by atoms with Gasteiger partial charge in [-0.3, -0.25) is 4.79 Å². The van der Waals surface area contributed by atoms with Crippen LogP contribution in [0.5, 0.6) is 0 Å². The molecule has 3 rings (SSSR count). The second-order valence-corrected chi connectivity index (χ2v) is 8.27. The van der Waals surface area contributed by atoms with Crippen LogP contribution in [0.4, 0.5) is 4.79 Å². The average Bonchev–Trinajstić information content (AvgIpc) is 3.09. The molecule has 2 atom stereocenters. The van der Waals surface area contributed by atoms with E-state index in [-0.39, 0.29) is 25.6 Å². The number of nitrogens with one attached hydrogen (secondary N) is 2. The number of likely N-dealkylation sites (N-methyl/N-ethyl adjacent to an activating group) is 1. The Balaban J connectivity index is 1.51. The van der Waals surface area contributed by atoms with Crippen LogP contribution in [0.2, 0.25) is 0 Å². The van der Waals surface area contributed by atoms with Crippen molar-refractivity contribution >= 4 is 18.0 Å². The van der Waals surface area contributed by atoms with E-state index in [1.54, 1.807) is 25.9 Å². The standard InChI is InChI=1S/C24H29N3O5/c1-15(22(28)26-21(23(29)30)13-27(2)3)12-25-24(31)32-14-20-18-10-6-4-8-16(18)17-9-5-7-11-19(17)20/h4-11,15,20-21H,12-14H2,1-3H3,(H,25,31)(H,26,28)(H,29,30). The zero-order valence-electron chi connectivity index (χ0n) is 18.5. The molecule has 0 aromatic heterocycles. The summed E-state index contributed by atoms with van der Waals surface area (Å²) in [4.78, 5) is 37.6. The molecule has 1 aliphatic carbocycles. The number of alkyl carbamates (subject to hydrolysis) is 1. The van der Waals surface area contributed by atoms with Gasteiger partial charge in [-0.25, -0.2) is 9.59 Å². The summed E-state index contributed by atoms with van der Waals surface area (Å²) >= 11 is 0. The molecule has 3 N–H and O–H groups in total. The number of benzene rings is 2. The van der Waals surface area contributed by atoms with Gasteiger partial charge in [-0.1, -0.05) is 55.5 Å². The highest BCUT2D eigenvalue weighted by Gasteiger charge is 2.29. The van der Waals surface area contributed by atoms with Gasteiger partial charge in [0, 0.05) is 19.0 Å². The van der Waals surface area contributed by atoms with E-state index < -0.39 is 29.9 Å². The van der Waals surface area contributed by atoms with Crippen molar-refractivity contribution in [3.63, 3.8) is 0 Å². The highest BCUT2D eigenvalue weighted by atomic mass is 16.5. The number of amides is 2. The Hall–Kier alpha value is -3.39. The number of rotatable bonds is 9. The molecule has 2 amide bonds. The summed E-state index contributed by atoms with van der Waals surface area (Å²) in [5.74, 6) is -2.21. The van der Waals surface area contributed by atoms with Gasteiger partial charge >= 0.3 is 12.1 Å². The fourth-order valence-electron chi connectivity index (χ4n) is 3.84. The molecule has 0 radical (unpaired) electrons. The molecular formula is C24H29N3O5. The van der Waals surface area contributed by atoms with Crippen molar-refractivity contribution in [3.8, 4) is 11.1 Å². The van der Waals surface area contributed by atoms with Gasteiger partial charge in [0.05, 0.1) is 5.92 Å². The molecule has 0 fully saturated rings. The number of fused-ring (bicyclic) bond motifs is 3. The minimum atomic E-state index is -1.11. The monoisotopic (exact) mass is 439 g/mol. The predicted octanol–water partition coefficient (Wildman–Crippen LogP) is 2.29. The molecule has 0 saturated heterocycles. The Morgan fingerprint density at radius 2 is 1.59 bits per heavy atom. The summed E-state index contributed by atoms with van der Waals surface area (Å²) in [5.41, 5.74) is 4.53. The maximum absolute atomic E-state index is 12.3. The van der Waals surface area contributed by atoms with Gasteiger partial charge in [0.25, 0.3) is 0 Å². The molecule has 1 aliphatic rings. The molecule has 0 heterocycles. The molecule has 170 valence electrons. The Morgan fingerprint density at radius 3 is 2.12 bits per heavy atom. The first-order valence-corrected chi connectivity index (χ1v) is 10.5. The summed E-state index contributed by atoms with van der Waals surface area (Å²) in [6.07, 6.45) is -0.616. The van der Waals surface area contributed by atoms with Gasteiger partial charge in [0.15, 0.2) is 0 Å². The zero-order valence-corrected chi connectivity index (χ0v) is 18.5. The maximum atomic E-state index is 12.3. The van der Waals surface area contributed by atoms with Gasteiger partial charge in [-0.15, -0.1) is 0 Å². The van der Waals surface area contributed by atoms with Crippen LogP contribution in [0.15, 0.2) is 48.5 Å². The number of hydrogen-bond acceptors (Lipinski definition) is 5. The number of carboxylic acids is 1. The van der Waals surface area contributed by atoms with Crippen LogP contribution in [0, 0.1) is 5.92 Å². The number of aliphatic carboxylic acids is 1. The molecule has 0 aliphatic heterocycles. The molecule has 0 saturated carbocycles. The highest BCUT2D eigenvalue weighted by Crippen LogP contribution is 2.44. The molecular weight excluding hydrogens is 410 g/mol. The molecule has 0 spiro atoms. The number of carboxylic acid groups (broad SMARTS) is 1. The predicted molar refractivity (Wildman–Crippen MR) is 120 cm³/mol. The van der Waals surface area contributed by atoms with Crippen molar-refractivity contribution in [1.29, 1.82) is 0 Å². The molecule has 2 aromatic carbocycles. The van der Waals surface area contributed by atoms with E-state index in [0.717, 1.165) is 22.3 Å². The molecule has 8 nitrogen and oxygen atoms in total. The number of nitrogens with zero attached hydrogens (tertiary/aromatic N) is 1. The number of carbonyl (C=O) groups is 3. The molecule has 0 bridgehead atoms. The first kappa shape index (κ1) is 23.3. The minimum absolute atomic E-state index is 0.0385. The Labute approximate surface area is 187 Å². The molecule has 8 heteroatoms. The largest absolute Gasteiger partial charge is 0.480 e. The van der Waals surface area contributed by atoms with E-state index in [0.29, 0.717) is 0 Å².